The van der Waals surface area contributed by atoms with Gasteiger partial charge in [-0.2, -0.15) is 8.42 Å². The molecule has 204 valence electrons. The van der Waals surface area contributed by atoms with Crippen LogP contribution in [0.3, 0.4) is 0 Å². The molecule has 7 nitrogen and oxygen atoms in total. The number of aliphatic hydroxyl groups excluding tert-OH is 1. The smallest absolute Gasteiger partial charge is 0.333 e. The predicted octanol–water partition coefficient (Wildman–Crippen LogP) is 4.61. The number of esters is 1. The van der Waals surface area contributed by atoms with Gasteiger partial charge in [-0.1, -0.05) is 51.5 Å². The van der Waals surface area contributed by atoms with E-state index >= 15 is 0 Å². The minimum absolute atomic E-state index is 0.0394. The molecule has 0 heterocycles. The number of rotatable bonds is 6. The first-order valence-electron chi connectivity index (χ1n) is 13.2. The molecule has 0 saturated heterocycles. The van der Waals surface area contributed by atoms with Crippen LogP contribution >= 0.6 is 0 Å². The van der Waals surface area contributed by atoms with Gasteiger partial charge in [-0.3, -0.25) is 8.98 Å². The highest BCUT2D eigenvalue weighted by Gasteiger charge is 2.68. The second kappa shape index (κ2) is 9.62. The molecule has 0 spiro atoms. The van der Waals surface area contributed by atoms with E-state index in [0.29, 0.717) is 12.8 Å². The lowest BCUT2D eigenvalue weighted by Crippen LogP contribution is -2.63. The minimum Gasteiger partial charge on any atom is -0.460 e. The van der Waals surface area contributed by atoms with Crippen LogP contribution in [-0.2, 0) is 28.6 Å². The fourth-order valence-corrected chi connectivity index (χ4v) is 8.45. The zero-order valence-electron chi connectivity index (χ0n) is 22.5. The molecule has 4 rings (SSSR count). The lowest BCUT2D eigenvalue weighted by atomic mass is 9.44. The Bertz CT molecular complexity index is 1180. The molecule has 37 heavy (non-hydrogen) atoms. The number of hydrogen-bond acceptors (Lipinski definition) is 7. The lowest BCUT2D eigenvalue weighted by Gasteiger charge is -2.61. The van der Waals surface area contributed by atoms with Crippen LogP contribution in [0.25, 0.3) is 0 Å². The van der Waals surface area contributed by atoms with Crippen molar-refractivity contribution in [1.82, 2.24) is 0 Å². The molecule has 2 bridgehead atoms. The molecule has 0 aromatic heterocycles. The number of ether oxygens (including phenoxy) is 1. The fourth-order valence-electron chi connectivity index (χ4n) is 7.59. The molecule has 3 aliphatic carbocycles. The summed E-state index contributed by atoms with van der Waals surface area (Å²) in [6, 6.07) is 6.17. The van der Waals surface area contributed by atoms with Crippen molar-refractivity contribution >= 4 is 21.9 Å². The van der Waals surface area contributed by atoms with Crippen LogP contribution in [0.15, 0.2) is 41.8 Å². The van der Waals surface area contributed by atoms with Crippen LogP contribution in [-0.4, -0.2) is 44.1 Å². The molecule has 0 amide bonds. The Hall–Kier alpha value is -2.03. The van der Waals surface area contributed by atoms with E-state index < -0.39 is 45.7 Å². The highest BCUT2D eigenvalue weighted by Crippen LogP contribution is 2.68. The number of carbonyl (C=O) groups is 2. The molecule has 3 fully saturated rings. The average Bonchev–Trinajstić information content (AvgIpc) is 3.21. The van der Waals surface area contributed by atoms with E-state index in [1.54, 1.807) is 18.2 Å². The second-order valence-electron chi connectivity index (χ2n) is 12.1. The Morgan fingerprint density at radius 1 is 1.19 bits per heavy atom. The van der Waals surface area contributed by atoms with Crippen LogP contribution in [0.4, 0.5) is 0 Å². The maximum atomic E-state index is 13.4. The quantitative estimate of drug-likeness (QED) is 0.324. The molecule has 8 heteroatoms. The largest absolute Gasteiger partial charge is 0.460 e. The Morgan fingerprint density at radius 2 is 1.84 bits per heavy atom. The first kappa shape index (κ1) is 28.0. The van der Waals surface area contributed by atoms with Crippen molar-refractivity contribution in [2.45, 2.75) is 83.8 Å². The van der Waals surface area contributed by atoms with Crippen molar-refractivity contribution in [2.75, 3.05) is 6.61 Å². The lowest BCUT2D eigenvalue weighted by molar-refractivity contribution is -0.207. The Morgan fingerprint density at radius 3 is 2.46 bits per heavy atom. The van der Waals surface area contributed by atoms with Crippen LogP contribution < -0.4 is 0 Å². The fraction of sp³-hybridized carbons (Fsp3) is 0.655. The molecule has 3 aliphatic rings. The summed E-state index contributed by atoms with van der Waals surface area (Å²) < 4.78 is 36.3. The highest BCUT2D eigenvalue weighted by molar-refractivity contribution is 7.86. The van der Waals surface area contributed by atoms with Crippen LogP contribution in [0, 0.1) is 40.9 Å². The third kappa shape index (κ3) is 4.49. The van der Waals surface area contributed by atoms with E-state index in [0.717, 1.165) is 18.4 Å². The van der Waals surface area contributed by atoms with Crippen molar-refractivity contribution in [3.8, 4) is 0 Å². The summed E-state index contributed by atoms with van der Waals surface area (Å²) in [6.07, 6.45) is 3.37. The maximum Gasteiger partial charge on any atom is 0.333 e. The van der Waals surface area contributed by atoms with Gasteiger partial charge in [0, 0.05) is 23.2 Å². The van der Waals surface area contributed by atoms with Gasteiger partial charge in [0.05, 0.1) is 11.0 Å². The summed E-state index contributed by atoms with van der Waals surface area (Å²) in [6.45, 7) is 13.2. The third-order valence-electron chi connectivity index (χ3n) is 10.2. The van der Waals surface area contributed by atoms with E-state index in [9.17, 15) is 23.1 Å². The number of Topliss-reactive ketones (excluding diaryl/α,β-unsaturated/α-hetero) is 1. The molecule has 0 aliphatic heterocycles. The number of hydrogen-bond donors (Lipinski definition) is 1. The molecule has 8 atom stereocenters. The summed E-state index contributed by atoms with van der Waals surface area (Å²) in [5, 5.41) is 11.6. The van der Waals surface area contributed by atoms with Gasteiger partial charge in [-0.05, 0) is 62.0 Å². The monoisotopic (exact) mass is 532 g/mol. The van der Waals surface area contributed by atoms with Gasteiger partial charge >= 0.3 is 5.97 Å². The van der Waals surface area contributed by atoms with E-state index in [2.05, 4.69) is 13.5 Å². The minimum atomic E-state index is -4.15. The first-order valence-corrected chi connectivity index (χ1v) is 14.6. The van der Waals surface area contributed by atoms with Gasteiger partial charge in [0.25, 0.3) is 10.1 Å². The van der Waals surface area contributed by atoms with Gasteiger partial charge in [0.15, 0.2) is 6.61 Å². The van der Waals surface area contributed by atoms with Crippen molar-refractivity contribution in [1.29, 1.82) is 0 Å². The highest BCUT2D eigenvalue weighted by atomic mass is 32.2. The molecular formula is C29H40O7S. The van der Waals surface area contributed by atoms with E-state index in [-0.39, 0.29) is 40.3 Å². The number of aliphatic hydroxyl groups is 1. The summed E-state index contributed by atoms with van der Waals surface area (Å²) in [4.78, 5) is 26.5. The summed E-state index contributed by atoms with van der Waals surface area (Å²) >= 11 is 0. The number of benzene rings is 1. The van der Waals surface area contributed by atoms with E-state index in [4.69, 9.17) is 8.92 Å². The zero-order chi connectivity index (χ0) is 27.4. The van der Waals surface area contributed by atoms with Crippen molar-refractivity contribution < 1.29 is 32.0 Å². The number of aryl methyl sites for hydroxylation is 1. The molecule has 1 N–H and O–H groups in total. The van der Waals surface area contributed by atoms with Crippen molar-refractivity contribution in [2.24, 2.45) is 34.0 Å². The van der Waals surface area contributed by atoms with Crippen molar-refractivity contribution in [3.63, 3.8) is 0 Å². The van der Waals surface area contributed by atoms with Gasteiger partial charge in [-0.25, -0.2) is 4.79 Å². The first-order chi connectivity index (χ1) is 17.2. The maximum absolute atomic E-state index is 13.4. The van der Waals surface area contributed by atoms with E-state index in [1.807, 2.05) is 27.7 Å². The summed E-state index contributed by atoms with van der Waals surface area (Å²) in [5.41, 5.74) is -0.910. The van der Waals surface area contributed by atoms with Gasteiger partial charge < -0.3 is 9.84 Å². The van der Waals surface area contributed by atoms with Crippen LogP contribution in [0.5, 0.6) is 0 Å². The van der Waals surface area contributed by atoms with Gasteiger partial charge in [0.1, 0.15) is 11.9 Å². The predicted molar refractivity (Wildman–Crippen MR) is 139 cm³/mol. The molecule has 1 aromatic rings. The molecule has 3 saturated carbocycles. The molecule has 0 radical (unpaired) electrons. The summed E-state index contributed by atoms with van der Waals surface area (Å²) in [5.74, 6) is -1.05. The SMILES string of the molecule is C=C[C@@]1(C)C[C@@H](OC(=O)COS(=O)(=O)c2ccc(C)cc2)[C@]2(C)C(C)CC[C@]3(CCC(=O)[C@H]32)[C@@H](C)[C@@H]1O. The van der Waals surface area contributed by atoms with Crippen LogP contribution in [0.1, 0.15) is 65.4 Å². The topological polar surface area (TPSA) is 107 Å². The second-order valence-corrected chi connectivity index (χ2v) is 13.7. The van der Waals surface area contributed by atoms with E-state index in [1.165, 1.54) is 12.1 Å². The summed E-state index contributed by atoms with van der Waals surface area (Å²) in [7, 11) is -4.15. The molecule has 1 aromatic carbocycles. The molecular weight excluding hydrogens is 492 g/mol. The number of carbonyl (C=O) groups excluding carboxylic acids is 2. The van der Waals surface area contributed by atoms with Crippen molar-refractivity contribution in [3.05, 3.63) is 42.5 Å². The van der Waals surface area contributed by atoms with Gasteiger partial charge in [0.2, 0.25) is 0 Å². The average molecular weight is 533 g/mol. The zero-order valence-corrected chi connectivity index (χ0v) is 23.3. The number of ketones is 1. The standard InChI is InChI=1S/C29H40O7S/c1-7-27(5)16-23(36-24(31)17-35-37(33,34)21-10-8-18(2)9-11-21)28(6)19(3)12-14-29(20(4)26(27)32)15-13-22(30)25(28)29/h7-11,19-20,23,25-26,32H,1,12-17H2,2-6H3/t19?,20-,23+,25-,26-,27-,28-,29-/m0/s1. The Balaban J connectivity index is 1.65. The normalized spacial score (nSPS) is 39.8. The third-order valence-corrected chi connectivity index (χ3v) is 11.5. The Labute approximate surface area is 220 Å². The molecule has 1 unspecified atom stereocenters. The van der Waals surface area contributed by atoms with Gasteiger partial charge in [-0.15, -0.1) is 6.58 Å². The van der Waals surface area contributed by atoms with Crippen LogP contribution in [0.2, 0.25) is 0 Å². The Kier molecular flexibility index (Phi) is 7.27.